The summed E-state index contributed by atoms with van der Waals surface area (Å²) in [6.07, 6.45) is 23.5. The maximum absolute atomic E-state index is 9.44. The van der Waals surface area contributed by atoms with Gasteiger partial charge in [0, 0.05) is 0 Å². The van der Waals surface area contributed by atoms with Gasteiger partial charge < -0.3 is 4.79 Å². The predicted molar refractivity (Wildman–Crippen MR) is 111 cm³/mol. The Kier molecular flexibility index (Phi) is 24.5. The van der Waals surface area contributed by atoms with Crippen LogP contribution in [0, 0.1) is 5.92 Å². The molecular weight excluding hydrogens is 292 g/mol. The van der Waals surface area contributed by atoms with E-state index in [0.717, 1.165) is 5.92 Å². The molecule has 0 rings (SSSR count). The Labute approximate surface area is 154 Å². The van der Waals surface area contributed by atoms with Crippen molar-refractivity contribution in [2.45, 2.75) is 137 Å². The van der Waals surface area contributed by atoms with Gasteiger partial charge in [-0.2, -0.15) is 0 Å². The van der Waals surface area contributed by atoms with E-state index in [9.17, 15) is 4.79 Å². The predicted octanol–water partition coefficient (Wildman–Crippen LogP) is 8.50. The van der Waals surface area contributed by atoms with Crippen LogP contribution >= 0.6 is 0 Å². The summed E-state index contributed by atoms with van der Waals surface area (Å²) in [5, 5.41) is 0. The van der Waals surface area contributed by atoms with E-state index in [0.29, 0.717) is 0 Å². The molecule has 146 valence electrons. The van der Waals surface area contributed by atoms with Crippen LogP contribution in [0.4, 0.5) is 0 Å². The molecule has 0 atom stereocenters. The van der Waals surface area contributed by atoms with Crippen molar-refractivity contribution in [1.29, 1.82) is 0 Å². The van der Waals surface area contributed by atoms with Gasteiger partial charge in [-0.15, -0.1) is 0 Å². The minimum Gasteiger partial charge on any atom is -0.300 e. The summed E-state index contributed by atoms with van der Waals surface area (Å²) in [6, 6.07) is 0. The Hall–Kier alpha value is -0.330. The Morgan fingerprint density at radius 2 is 0.833 bits per heavy atom. The van der Waals surface area contributed by atoms with Gasteiger partial charge >= 0.3 is 0 Å². The first-order valence-corrected chi connectivity index (χ1v) is 11.0. The zero-order valence-electron chi connectivity index (χ0n) is 17.8. The van der Waals surface area contributed by atoms with E-state index in [1.54, 1.807) is 0 Å². The molecule has 0 fully saturated rings. The molecule has 0 bridgehead atoms. The van der Waals surface area contributed by atoms with E-state index < -0.39 is 0 Å². The number of ketones is 1. The first kappa shape index (κ1) is 25.9. The highest BCUT2D eigenvalue weighted by atomic mass is 16.1. The number of carbonyl (C=O) groups is 1. The Morgan fingerprint density at radius 1 is 0.583 bits per heavy atom. The molecule has 0 N–H and O–H groups in total. The van der Waals surface area contributed by atoms with Crippen LogP contribution in [0.25, 0.3) is 0 Å². The molecule has 24 heavy (non-hydrogen) atoms. The summed E-state index contributed by atoms with van der Waals surface area (Å²) < 4.78 is 0. The van der Waals surface area contributed by atoms with Crippen LogP contribution in [-0.4, -0.2) is 5.78 Å². The van der Waals surface area contributed by atoms with Crippen molar-refractivity contribution in [3.05, 3.63) is 0 Å². The fourth-order valence-electron chi connectivity index (χ4n) is 2.92. The summed E-state index contributed by atoms with van der Waals surface area (Å²) in [4.78, 5) is 9.44. The highest BCUT2D eigenvalue weighted by Gasteiger charge is 1.95. The number of rotatable bonds is 16. The number of carbonyl (C=O) groups excluding carboxylic acids is 1. The highest BCUT2D eigenvalue weighted by molar-refractivity contribution is 5.72. The van der Waals surface area contributed by atoms with Crippen molar-refractivity contribution in [2.75, 3.05) is 0 Å². The lowest BCUT2D eigenvalue weighted by atomic mass is 10.0. The van der Waals surface area contributed by atoms with Crippen LogP contribution in [0.2, 0.25) is 0 Å². The fraction of sp³-hybridized carbons (Fsp3) is 0.957. The molecule has 0 saturated carbocycles. The van der Waals surface area contributed by atoms with Gasteiger partial charge in [0.1, 0.15) is 5.78 Å². The maximum atomic E-state index is 9.44. The molecule has 1 heteroatoms. The maximum Gasteiger partial charge on any atom is 0.126 e. The molecule has 0 aromatic carbocycles. The van der Waals surface area contributed by atoms with Crippen molar-refractivity contribution in [3.8, 4) is 0 Å². The van der Waals surface area contributed by atoms with Gasteiger partial charge in [0.25, 0.3) is 0 Å². The third-order valence-electron chi connectivity index (χ3n) is 4.39. The van der Waals surface area contributed by atoms with E-state index in [1.165, 1.54) is 117 Å². The number of hydrogen-bond donors (Lipinski definition) is 0. The molecule has 1 nitrogen and oxygen atoms in total. The molecule has 0 aromatic heterocycles. The molecule has 0 aliphatic carbocycles. The lowest BCUT2D eigenvalue weighted by Gasteiger charge is -2.05. The lowest BCUT2D eigenvalue weighted by molar-refractivity contribution is -0.114. The second kappa shape index (κ2) is 22.7. The zero-order chi connectivity index (χ0) is 18.5. The topological polar surface area (TPSA) is 17.1 Å². The van der Waals surface area contributed by atoms with Crippen LogP contribution in [0.5, 0.6) is 0 Å². The summed E-state index contributed by atoms with van der Waals surface area (Å²) in [7, 11) is 0. The third-order valence-corrected chi connectivity index (χ3v) is 4.39. The van der Waals surface area contributed by atoms with Gasteiger partial charge in [0.2, 0.25) is 0 Å². The fourth-order valence-corrected chi connectivity index (χ4v) is 2.92. The number of unbranched alkanes of at least 4 members (excludes halogenated alkanes) is 14. The minimum atomic E-state index is 0.167. The second-order valence-corrected chi connectivity index (χ2v) is 8.04. The monoisotopic (exact) mass is 340 g/mol. The van der Waals surface area contributed by atoms with Crippen molar-refractivity contribution >= 4 is 5.78 Å². The van der Waals surface area contributed by atoms with Crippen LogP contribution in [-0.2, 0) is 4.79 Å². The number of Topliss-reactive ketones (excluding diaryl/α,β-unsaturated/α-hetero) is 1. The lowest BCUT2D eigenvalue weighted by Crippen LogP contribution is -1.87. The quantitative estimate of drug-likeness (QED) is 0.257. The average molecular weight is 341 g/mol. The van der Waals surface area contributed by atoms with Crippen LogP contribution < -0.4 is 0 Å². The smallest absolute Gasteiger partial charge is 0.126 e. The van der Waals surface area contributed by atoms with Crippen LogP contribution in [0.15, 0.2) is 0 Å². The van der Waals surface area contributed by atoms with E-state index in [1.807, 2.05) is 0 Å². The van der Waals surface area contributed by atoms with E-state index in [-0.39, 0.29) is 5.78 Å². The van der Waals surface area contributed by atoms with Gasteiger partial charge in [-0.1, -0.05) is 124 Å². The Bertz CT molecular complexity index is 228. The molecule has 0 aliphatic rings. The molecule has 0 amide bonds. The minimum absolute atomic E-state index is 0.167. The van der Waals surface area contributed by atoms with Crippen LogP contribution in [0.3, 0.4) is 0 Å². The summed E-state index contributed by atoms with van der Waals surface area (Å²) >= 11 is 0. The standard InChI is InChI=1S/C20H42.C3H6O/c1-4-5-6-7-8-9-10-11-12-13-14-15-16-17-18-19-20(2)3;1-3(2)4/h20H,4-19H2,1-3H3;1-2H3. The van der Waals surface area contributed by atoms with Crippen molar-refractivity contribution in [1.82, 2.24) is 0 Å². The van der Waals surface area contributed by atoms with Gasteiger partial charge in [-0.25, -0.2) is 0 Å². The van der Waals surface area contributed by atoms with E-state index in [2.05, 4.69) is 20.8 Å². The average Bonchev–Trinajstić information content (AvgIpc) is 2.50. The SMILES string of the molecule is CC(C)=O.CCCCCCCCCCCCCCCCCC(C)C. The molecule has 0 aliphatic heterocycles. The van der Waals surface area contributed by atoms with E-state index in [4.69, 9.17) is 0 Å². The van der Waals surface area contributed by atoms with Crippen molar-refractivity contribution < 1.29 is 4.79 Å². The summed E-state index contributed by atoms with van der Waals surface area (Å²) in [5.74, 6) is 1.07. The van der Waals surface area contributed by atoms with Crippen molar-refractivity contribution in [2.24, 2.45) is 5.92 Å². The van der Waals surface area contributed by atoms with Gasteiger partial charge in [0.15, 0.2) is 0 Å². The molecule has 0 spiro atoms. The first-order valence-electron chi connectivity index (χ1n) is 11.0. The zero-order valence-corrected chi connectivity index (χ0v) is 17.8. The largest absolute Gasteiger partial charge is 0.300 e. The second-order valence-electron chi connectivity index (χ2n) is 8.04. The van der Waals surface area contributed by atoms with Gasteiger partial charge in [0.05, 0.1) is 0 Å². The molecular formula is C23H48O. The molecule has 0 radical (unpaired) electrons. The third kappa shape index (κ3) is 33.3. The highest BCUT2D eigenvalue weighted by Crippen LogP contribution is 2.14. The van der Waals surface area contributed by atoms with Gasteiger partial charge in [-0.3, -0.25) is 0 Å². The Morgan fingerprint density at radius 3 is 1.08 bits per heavy atom. The van der Waals surface area contributed by atoms with Crippen LogP contribution in [0.1, 0.15) is 137 Å². The number of hydrogen-bond acceptors (Lipinski definition) is 1. The normalized spacial score (nSPS) is 10.6. The first-order chi connectivity index (χ1) is 11.5. The molecule has 0 aromatic rings. The van der Waals surface area contributed by atoms with Gasteiger partial charge in [-0.05, 0) is 19.8 Å². The molecule has 0 heterocycles. The Balaban J connectivity index is 0. The summed E-state index contributed by atoms with van der Waals surface area (Å²) in [5.41, 5.74) is 0. The summed E-state index contributed by atoms with van der Waals surface area (Å²) in [6.45, 7) is 10.0. The molecule has 0 saturated heterocycles. The van der Waals surface area contributed by atoms with Crippen molar-refractivity contribution in [3.63, 3.8) is 0 Å². The molecule has 0 unspecified atom stereocenters. The van der Waals surface area contributed by atoms with E-state index >= 15 is 0 Å².